The summed E-state index contributed by atoms with van der Waals surface area (Å²) in [6.45, 7) is 6.86. The van der Waals surface area contributed by atoms with Gasteiger partial charge in [-0.25, -0.2) is 0 Å². The first kappa shape index (κ1) is 11.9. The summed E-state index contributed by atoms with van der Waals surface area (Å²) in [4.78, 5) is 14.0. The molecule has 0 bridgehead atoms. The predicted octanol–water partition coefficient (Wildman–Crippen LogP) is 0.550. The number of aromatic amines is 1. The van der Waals surface area contributed by atoms with Crippen LogP contribution in [0, 0.1) is 6.92 Å². The lowest BCUT2D eigenvalue weighted by Crippen LogP contribution is -2.48. The summed E-state index contributed by atoms with van der Waals surface area (Å²) < 4.78 is 5.58. The standard InChI is InChI=1S/C11H18N4O2/c1-6-4-15(5-7(2)17-6)11(16)10-9(12)8(3)13-14-10/h6-7H,4-5,12H2,1-3H3,(H,13,14)/t6-,7+. The first-order chi connectivity index (χ1) is 7.99. The van der Waals surface area contributed by atoms with Crippen molar-refractivity contribution in [3.05, 3.63) is 11.4 Å². The molecule has 3 N–H and O–H groups in total. The zero-order valence-electron chi connectivity index (χ0n) is 10.4. The van der Waals surface area contributed by atoms with E-state index in [9.17, 15) is 4.79 Å². The molecule has 1 aliphatic rings. The third-order valence-corrected chi connectivity index (χ3v) is 2.90. The molecule has 1 fully saturated rings. The fourth-order valence-corrected chi connectivity index (χ4v) is 2.09. The number of H-pyrrole nitrogens is 1. The van der Waals surface area contributed by atoms with Crippen molar-refractivity contribution in [1.82, 2.24) is 15.1 Å². The molecule has 17 heavy (non-hydrogen) atoms. The second-order valence-corrected chi connectivity index (χ2v) is 4.58. The third-order valence-electron chi connectivity index (χ3n) is 2.90. The Labute approximate surface area is 100 Å². The van der Waals surface area contributed by atoms with E-state index in [1.165, 1.54) is 0 Å². The molecule has 2 heterocycles. The number of hydrogen-bond acceptors (Lipinski definition) is 4. The highest BCUT2D eigenvalue weighted by atomic mass is 16.5. The molecule has 0 unspecified atom stereocenters. The first-order valence-corrected chi connectivity index (χ1v) is 5.74. The fourth-order valence-electron chi connectivity index (χ4n) is 2.09. The number of aryl methyl sites for hydroxylation is 1. The lowest BCUT2D eigenvalue weighted by molar-refractivity contribution is -0.0587. The minimum atomic E-state index is -0.131. The van der Waals surface area contributed by atoms with Gasteiger partial charge in [0, 0.05) is 13.1 Å². The molecule has 1 aliphatic heterocycles. The van der Waals surface area contributed by atoms with Gasteiger partial charge in [-0.1, -0.05) is 0 Å². The molecular weight excluding hydrogens is 220 g/mol. The van der Waals surface area contributed by atoms with Gasteiger partial charge in [-0.15, -0.1) is 0 Å². The van der Waals surface area contributed by atoms with E-state index < -0.39 is 0 Å². The predicted molar refractivity (Wildman–Crippen MR) is 63.6 cm³/mol. The van der Waals surface area contributed by atoms with Crippen LogP contribution in [0.25, 0.3) is 0 Å². The van der Waals surface area contributed by atoms with Crippen LogP contribution >= 0.6 is 0 Å². The van der Waals surface area contributed by atoms with Crippen molar-refractivity contribution in [2.75, 3.05) is 18.8 Å². The minimum Gasteiger partial charge on any atom is -0.395 e. The molecule has 0 aliphatic carbocycles. The smallest absolute Gasteiger partial charge is 0.276 e. The van der Waals surface area contributed by atoms with Crippen LogP contribution in [-0.4, -0.2) is 46.3 Å². The molecule has 2 rings (SSSR count). The quantitative estimate of drug-likeness (QED) is 0.748. The Balaban J connectivity index is 2.17. The van der Waals surface area contributed by atoms with Crippen LogP contribution in [0.4, 0.5) is 5.69 Å². The number of nitrogen functional groups attached to an aromatic ring is 1. The Morgan fingerprint density at radius 3 is 2.53 bits per heavy atom. The molecule has 6 nitrogen and oxygen atoms in total. The van der Waals surface area contributed by atoms with Crippen molar-refractivity contribution in [3.8, 4) is 0 Å². The van der Waals surface area contributed by atoms with Crippen molar-refractivity contribution in [2.45, 2.75) is 33.0 Å². The molecule has 1 aromatic heterocycles. The van der Waals surface area contributed by atoms with Crippen molar-refractivity contribution in [3.63, 3.8) is 0 Å². The average molecular weight is 238 g/mol. The van der Waals surface area contributed by atoms with E-state index >= 15 is 0 Å². The van der Waals surface area contributed by atoms with Gasteiger partial charge in [0.05, 0.1) is 23.6 Å². The molecule has 94 valence electrons. The summed E-state index contributed by atoms with van der Waals surface area (Å²) >= 11 is 0. The minimum absolute atomic E-state index is 0.0453. The van der Waals surface area contributed by atoms with E-state index in [0.717, 1.165) is 5.69 Å². The van der Waals surface area contributed by atoms with Crippen LogP contribution in [0.3, 0.4) is 0 Å². The molecule has 2 atom stereocenters. The van der Waals surface area contributed by atoms with Gasteiger partial charge in [0.25, 0.3) is 5.91 Å². The van der Waals surface area contributed by atoms with E-state index in [1.807, 2.05) is 13.8 Å². The van der Waals surface area contributed by atoms with Crippen molar-refractivity contribution in [1.29, 1.82) is 0 Å². The molecule has 6 heteroatoms. The zero-order valence-corrected chi connectivity index (χ0v) is 10.4. The van der Waals surface area contributed by atoms with Crippen LogP contribution in [0.2, 0.25) is 0 Å². The van der Waals surface area contributed by atoms with Gasteiger partial charge in [0.15, 0.2) is 5.69 Å². The monoisotopic (exact) mass is 238 g/mol. The number of aromatic nitrogens is 2. The Hall–Kier alpha value is -1.56. The van der Waals surface area contributed by atoms with Crippen LogP contribution < -0.4 is 5.73 Å². The number of morpholine rings is 1. The van der Waals surface area contributed by atoms with E-state index in [-0.39, 0.29) is 18.1 Å². The number of nitrogens with two attached hydrogens (primary N) is 1. The van der Waals surface area contributed by atoms with Gasteiger partial charge in [0.2, 0.25) is 0 Å². The number of nitrogens with one attached hydrogen (secondary N) is 1. The molecule has 1 amide bonds. The second kappa shape index (κ2) is 4.37. The summed E-state index contributed by atoms with van der Waals surface area (Å²) in [6, 6.07) is 0. The lowest BCUT2D eigenvalue weighted by atomic mass is 10.2. The summed E-state index contributed by atoms with van der Waals surface area (Å²) in [5.74, 6) is -0.131. The largest absolute Gasteiger partial charge is 0.395 e. The topological polar surface area (TPSA) is 84.2 Å². The fraction of sp³-hybridized carbons (Fsp3) is 0.636. The Morgan fingerprint density at radius 1 is 1.47 bits per heavy atom. The van der Waals surface area contributed by atoms with Crippen LogP contribution in [-0.2, 0) is 4.74 Å². The summed E-state index contributed by atoms with van der Waals surface area (Å²) in [7, 11) is 0. The summed E-state index contributed by atoms with van der Waals surface area (Å²) in [5, 5.41) is 6.68. The van der Waals surface area contributed by atoms with Gasteiger partial charge in [-0.3, -0.25) is 9.89 Å². The zero-order chi connectivity index (χ0) is 12.6. The average Bonchev–Trinajstić information content (AvgIpc) is 2.57. The van der Waals surface area contributed by atoms with E-state index in [1.54, 1.807) is 11.8 Å². The second-order valence-electron chi connectivity index (χ2n) is 4.58. The lowest BCUT2D eigenvalue weighted by Gasteiger charge is -2.34. The summed E-state index contributed by atoms with van der Waals surface area (Å²) in [5.41, 5.74) is 7.27. The molecule has 0 spiro atoms. The maximum Gasteiger partial charge on any atom is 0.276 e. The molecular formula is C11H18N4O2. The highest BCUT2D eigenvalue weighted by Gasteiger charge is 2.29. The summed E-state index contributed by atoms with van der Waals surface area (Å²) in [6.07, 6.45) is 0.0907. The van der Waals surface area contributed by atoms with Crippen molar-refractivity contribution >= 4 is 11.6 Å². The van der Waals surface area contributed by atoms with E-state index in [4.69, 9.17) is 10.5 Å². The van der Waals surface area contributed by atoms with Crippen LogP contribution in [0.1, 0.15) is 30.0 Å². The van der Waals surface area contributed by atoms with Gasteiger partial charge in [-0.2, -0.15) is 5.10 Å². The SMILES string of the molecule is Cc1[nH]nc(C(=O)N2C[C@@H](C)O[C@@H](C)C2)c1N. The third kappa shape index (κ3) is 2.26. The number of carbonyl (C=O) groups excluding carboxylic acids is 1. The van der Waals surface area contributed by atoms with Crippen LogP contribution in [0.15, 0.2) is 0 Å². The molecule has 1 aromatic rings. The number of amides is 1. The number of nitrogens with zero attached hydrogens (tertiary/aromatic N) is 2. The normalized spacial score (nSPS) is 25.0. The molecule has 0 saturated carbocycles. The van der Waals surface area contributed by atoms with Crippen molar-refractivity contribution < 1.29 is 9.53 Å². The number of anilines is 1. The van der Waals surface area contributed by atoms with Crippen molar-refractivity contribution in [2.24, 2.45) is 0 Å². The van der Waals surface area contributed by atoms with Gasteiger partial charge in [-0.05, 0) is 20.8 Å². The van der Waals surface area contributed by atoms with E-state index in [2.05, 4.69) is 10.2 Å². The molecule has 1 saturated heterocycles. The number of rotatable bonds is 1. The first-order valence-electron chi connectivity index (χ1n) is 5.74. The van der Waals surface area contributed by atoms with E-state index in [0.29, 0.717) is 24.5 Å². The Bertz CT molecular complexity index is 419. The Kier molecular flexibility index (Phi) is 3.06. The number of hydrogen-bond donors (Lipinski definition) is 2. The maximum absolute atomic E-state index is 12.2. The number of ether oxygens (including phenoxy) is 1. The molecule has 0 radical (unpaired) electrons. The highest BCUT2D eigenvalue weighted by molar-refractivity contribution is 5.97. The van der Waals surface area contributed by atoms with Gasteiger partial charge < -0.3 is 15.4 Å². The highest BCUT2D eigenvalue weighted by Crippen LogP contribution is 2.18. The van der Waals surface area contributed by atoms with Gasteiger partial charge in [0.1, 0.15) is 0 Å². The van der Waals surface area contributed by atoms with Gasteiger partial charge >= 0.3 is 0 Å². The molecule has 0 aromatic carbocycles. The maximum atomic E-state index is 12.2. The van der Waals surface area contributed by atoms with Crippen LogP contribution in [0.5, 0.6) is 0 Å². The number of carbonyl (C=O) groups is 1. The Morgan fingerprint density at radius 2 is 2.06 bits per heavy atom.